The number of rotatable bonds is 32. The lowest BCUT2D eigenvalue weighted by Gasteiger charge is -2.32. The van der Waals surface area contributed by atoms with Crippen molar-refractivity contribution < 1.29 is 63.0 Å². The Morgan fingerprint density at radius 2 is 0.837 bits per heavy atom. The van der Waals surface area contributed by atoms with Crippen molar-refractivity contribution in [3.05, 3.63) is 108 Å². The fraction of sp³-hybridized carbons (Fsp3) is 0.600. The number of amides is 3. The number of aliphatic hydroxyl groups excluding tert-OH is 1. The van der Waals surface area contributed by atoms with E-state index in [1.165, 1.54) is 6.42 Å². The van der Waals surface area contributed by atoms with Crippen LogP contribution in [0.15, 0.2) is 97.1 Å². The van der Waals surface area contributed by atoms with Crippen molar-refractivity contribution in [2.24, 2.45) is 29.4 Å². The lowest BCUT2D eigenvalue weighted by molar-refractivity contribution is -0.158. The number of aliphatic carboxylic acids is 2. The Hall–Kier alpha value is -6.50. The van der Waals surface area contributed by atoms with Gasteiger partial charge in [0.05, 0.1) is 18.0 Å². The van der Waals surface area contributed by atoms with Crippen LogP contribution >= 0.6 is 0 Å². The standard InChI is InChI=1S/C27H36N2O3.C16H32O3.C15H14N2O.C11H22O3.C6H12O3/c1-6-7-12-17-32-24(18-19(2)3)26(30)29(5)25-22-15-9-8-13-20(22)21-14-10-11-16-23(21)28(4)27(25)31;1-5-7-9-11-18-15(13-14(3)4)16(17)19-12-10-8-6-2;1-17-13-9-5-4-7-11(13)10-6-2-3-8-12(10)14(16)15(17)18;1-4-5-6-7-14-10(11(12)13)8-9(2)3;1-4(2)3-5(7)6(8)9/h8-11,13-16,19,24-25H,6-7,12,17-18H2,1-5H3;14-15H,5-13H2,1-4H3;2-9,14H,16H2,1H3;9-10H,4-8H2,1-3H3,(H,12,13);4-5,7H,3H2,1-2H3,(H,8,9)/t24-,25-;15-;14-;10-;5-/m00000/s1. The van der Waals surface area contributed by atoms with Gasteiger partial charge in [0.2, 0.25) is 5.91 Å². The number of carboxylic acids is 2. The third kappa shape index (κ3) is 28.4. The average Bonchev–Trinajstić information content (AvgIpc) is 1.62. The molecule has 0 radical (unpaired) electrons. The van der Waals surface area contributed by atoms with E-state index in [1.54, 1.807) is 35.8 Å². The van der Waals surface area contributed by atoms with Gasteiger partial charge in [-0.3, -0.25) is 14.4 Å². The number of carboxylic acid groups (broad SMARTS) is 2. The number of nitrogens with two attached hydrogens (primary N) is 1. The molecule has 2 aliphatic heterocycles. The summed E-state index contributed by atoms with van der Waals surface area (Å²) in [5.74, 6) is -1.13. The predicted octanol–water partition coefficient (Wildman–Crippen LogP) is 15.3. The van der Waals surface area contributed by atoms with Gasteiger partial charge >= 0.3 is 17.9 Å². The normalized spacial score (nSPS) is 15.2. The quantitative estimate of drug-likeness (QED) is 0.0263. The fourth-order valence-electron chi connectivity index (χ4n) is 10.5. The number of hydrogen-bond donors (Lipinski definition) is 4. The molecule has 5 N–H and O–H groups in total. The summed E-state index contributed by atoms with van der Waals surface area (Å²) in [6.45, 7) is 27.0. The molecule has 0 unspecified atom stereocenters. The Labute approximate surface area is 552 Å². The lowest BCUT2D eigenvalue weighted by atomic mass is 9.94. The summed E-state index contributed by atoms with van der Waals surface area (Å²) in [6.07, 6.45) is 12.4. The third-order valence-electron chi connectivity index (χ3n) is 15.6. The first kappa shape index (κ1) is 81.6. The Balaban J connectivity index is 0.000000417. The van der Waals surface area contributed by atoms with Gasteiger partial charge in [0.15, 0.2) is 18.3 Å². The number of benzene rings is 4. The zero-order valence-corrected chi connectivity index (χ0v) is 58.5. The molecule has 92 heavy (non-hydrogen) atoms. The highest BCUT2D eigenvalue weighted by Crippen LogP contribution is 2.42. The van der Waals surface area contributed by atoms with Crippen molar-refractivity contribution in [3.8, 4) is 22.3 Å². The van der Waals surface area contributed by atoms with Crippen LogP contribution in [0.25, 0.3) is 22.3 Å². The first-order valence-corrected chi connectivity index (χ1v) is 33.9. The summed E-state index contributed by atoms with van der Waals surface area (Å²) in [4.78, 5) is 77.2. The second kappa shape index (κ2) is 44.9. The number of carbonyl (C=O) groups is 6. The Bertz CT molecular complexity index is 2730. The molecule has 2 heterocycles. The number of anilines is 2. The maximum atomic E-state index is 13.7. The number of aliphatic hydroxyl groups is 1. The van der Waals surface area contributed by atoms with E-state index in [4.69, 9.17) is 40.0 Å². The van der Waals surface area contributed by atoms with Gasteiger partial charge < -0.3 is 54.7 Å². The molecule has 0 aromatic heterocycles. The molecule has 4 aromatic rings. The van der Waals surface area contributed by atoms with E-state index in [2.05, 4.69) is 55.4 Å². The van der Waals surface area contributed by atoms with Crippen molar-refractivity contribution >= 4 is 47.0 Å². The van der Waals surface area contributed by atoms with Crippen LogP contribution in [-0.4, -0.2) is 128 Å². The number of carbonyl (C=O) groups excluding carboxylic acids is 4. The first-order chi connectivity index (χ1) is 43.8. The van der Waals surface area contributed by atoms with Crippen LogP contribution in [0.3, 0.4) is 0 Å². The van der Waals surface area contributed by atoms with E-state index in [0.717, 1.165) is 122 Å². The van der Waals surface area contributed by atoms with E-state index >= 15 is 0 Å². The third-order valence-corrected chi connectivity index (χ3v) is 15.6. The molecule has 2 aliphatic rings. The van der Waals surface area contributed by atoms with E-state index in [9.17, 15) is 28.8 Å². The first-order valence-electron chi connectivity index (χ1n) is 33.9. The minimum Gasteiger partial charge on any atom is -0.479 e. The molecule has 0 spiro atoms. The molecule has 0 saturated carbocycles. The number of para-hydroxylation sites is 2. The van der Waals surface area contributed by atoms with E-state index in [-0.39, 0.29) is 35.7 Å². The molecular formula is C75H116N4O13. The average molecular weight is 1280 g/mol. The van der Waals surface area contributed by atoms with Crippen molar-refractivity contribution in [2.75, 3.05) is 57.4 Å². The zero-order valence-electron chi connectivity index (χ0n) is 58.5. The van der Waals surface area contributed by atoms with Gasteiger partial charge in [-0.05, 0) is 109 Å². The largest absolute Gasteiger partial charge is 0.479 e. The number of likely N-dealkylation sites (N-methyl/N-ethyl adjacent to an activating group) is 3. The number of unbranched alkanes of at least 4 members (excludes halogenated alkanes) is 8. The summed E-state index contributed by atoms with van der Waals surface area (Å²) in [5, 5.41) is 25.7. The molecule has 17 nitrogen and oxygen atoms in total. The van der Waals surface area contributed by atoms with Crippen LogP contribution in [0.4, 0.5) is 11.4 Å². The molecule has 6 atom stereocenters. The SMILES string of the molecule is CC(C)C[C@H](O)C(=O)O.CCCCCOC(=O)[C@H](CC(C)C)OCCCCC.CCCCCO[C@@H](CC(C)C)C(=O)N(C)[C@@H]1C(=O)N(C)c2ccccc2-c2ccccc21.CCCCCO[C@@H](CC(C)C)C(=O)O.CN1C(=O)[C@@H](N)c2ccccc2-c2ccccc21. The van der Waals surface area contributed by atoms with Crippen LogP contribution < -0.4 is 15.5 Å². The van der Waals surface area contributed by atoms with Gasteiger partial charge in [-0.15, -0.1) is 0 Å². The van der Waals surface area contributed by atoms with Crippen molar-refractivity contribution in [2.45, 2.75) is 222 Å². The summed E-state index contributed by atoms with van der Waals surface area (Å²) >= 11 is 0. The number of ether oxygens (including phenoxy) is 4. The summed E-state index contributed by atoms with van der Waals surface area (Å²) in [5.41, 5.74) is 13.6. The molecule has 0 bridgehead atoms. The molecule has 0 saturated heterocycles. The van der Waals surface area contributed by atoms with Gasteiger partial charge in [-0.25, -0.2) is 14.4 Å². The lowest BCUT2D eigenvalue weighted by Crippen LogP contribution is -2.46. The maximum Gasteiger partial charge on any atom is 0.335 e. The van der Waals surface area contributed by atoms with Gasteiger partial charge in [-0.1, -0.05) is 219 Å². The molecule has 3 amide bonds. The summed E-state index contributed by atoms with van der Waals surface area (Å²) in [6, 6.07) is 30.2. The Kier molecular flexibility index (Phi) is 39.9. The predicted molar refractivity (Wildman–Crippen MR) is 370 cm³/mol. The van der Waals surface area contributed by atoms with Crippen LogP contribution in [0.2, 0.25) is 0 Å². The summed E-state index contributed by atoms with van der Waals surface area (Å²) in [7, 11) is 5.28. The van der Waals surface area contributed by atoms with Crippen molar-refractivity contribution in [1.29, 1.82) is 0 Å². The van der Waals surface area contributed by atoms with Crippen molar-refractivity contribution in [3.63, 3.8) is 0 Å². The molecule has 0 aliphatic carbocycles. The van der Waals surface area contributed by atoms with Crippen molar-refractivity contribution in [1.82, 2.24) is 4.90 Å². The zero-order chi connectivity index (χ0) is 68.9. The van der Waals surface area contributed by atoms with E-state index < -0.39 is 42.3 Å². The highest BCUT2D eigenvalue weighted by Gasteiger charge is 2.39. The van der Waals surface area contributed by atoms with Crippen LogP contribution in [0.1, 0.15) is 209 Å². The highest BCUT2D eigenvalue weighted by molar-refractivity contribution is 6.06. The smallest absolute Gasteiger partial charge is 0.335 e. The van der Waals surface area contributed by atoms with Gasteiger partial charge in [0, 0.05) is 52.1 Å². The molecule has 6 rings (SSSR count). The molecule has 0 fully saturated rings. The topological polar surface area (TPSA) is 236 Å². The number of nitrogens with zero attached hydrogens (tertiary/aromatic N) is 3. The molecule has 514 valence electrons. The fourth-order valence-corrected chi connectivity index (χ4v) is 10.5. The monoisotopic (exact) mass is 1280 g/mol. The number of esters is 1. The Morgan fingerprint density at radius 3 is 1.26 bits per heavy atom. The van der Waals surface area contributed by atoms with Gasteiger partial charge in [-0.2, -0.15) is 0 Å². The Morgan fingerprint density at radius 1 is 0.478 bits per heavy atom. The second-order valence-corrected chi connectivity index (χ2v) is 25.6. The molecule has 4 aromatic carbocycles. The minimum absolute atomic E-state index is 0.0765. The second-order valence-electron chi connectivity index (χ2n) is 25.6. The highest BCUT2D eigenvalue weighted by atomic mass is 16.6. The van der Waals surface area contributed by atoms with Crippen LogP contribution in [0.5, 0.6) is 0 Å². The molecule has 17 heteroatoms. The van der Waals surface area contributed by atoms with Crippen LogP contribution in [-0.2, 0) is 47.7 Å². The van der Waals surface area contributed by atoms with Crippen LogP contribution in [0, 0.1) is 23.7 Å². The van der Waals surface area contributed by atoms with Gasteiger partial charge in [0.1, 0.15) is 18.2 Å². The van der Waals surface area contributed by atoms with E-state index in [1.807, 2.05) is 125 Å². The maximum absolute atomic E-state index is 13.7. The minimum atomic E-state index is -1.19. The van der Waals surface area contributed by atoms with E-state index in [0.29, 0.717) is 63.4 Å². The number of hydrogen-bond acceptors (Lipinski definition) is 12. The van der Waals surface area contributed by atoms with Gasteiger partial charge in [0.25, 0.3) is 11.8 Å². The molecular weight excluding hydrogens is 1160 g/mol. The number of fused-ring (bicyclic) bond motifs is 6. The summed E-state index contributed by atoms with van der Waals surface area (Å²) < 4.78 is 22.4.